The number of amides is 2. The molecule has 1 fully saturated rings. The highest BCUT2D eigenvalue weighted by atomic mass is 19.1. The molecule has 0 spiro atoms. The first-order chi connectivity index (χ1) is 14.7. The zero-order valence-corrected chi connectivity index (χ0v) is 16.6. The van der Waals surface area contributed by atoms with E-state index < -0.39 is 58.9 Å². The lowest BCUT2D eigenvalue weighted by Gasteiger charge is -2.34. The third-order valence-electron chi connectivity index (χ3n) is 5.72. The lowest BCUT2D eigenvalue weighted by molar-refractivity contribution is 0.0677. The van der Waals surface area contributed by atoms with Crippen molar-refractivity contribution in [2.45, 2.75) is 38.5 Å². The van der Waals surface area contributed by atoms with Crippen LogP contribution < -0.4 is 10.7 Å². The number of nitrogens with zero attached hydrogens (tertiary/aromatic N) is 2. The Kier molecular flexibility index (Phi) is 5.24. The molecular formula is C21H20F3N3O4. The van der Waals surface area contributed by atoms with Crippen molar-refractivity contribution in [3.05, 3.63) is 62.6 Å². The summed E-state index contributed by atoms with van der Waals surface area (Å²) >= 11 is 0. The highest BCUT2D eigenvalue weighted by Gasteiger charge is 2.38. The normalized spacial score (nSPS) is 20.3. The van der Waals surface area contributed by atoms with Crippen LogP contribution in [0.1, 0.15) is 50.9 Å². The number of aromatic hydroxyl groups is 1. The summed E-state index contributed by atoms with van der Waals surface area (Å²) in [6.07, 6.45) is 0.120. The average Bonchev–Trinajstić information content (AvgIpc) is 2.87. The van der Waals surface area contributed by atoms with Crippen molar-refractivity contribution in [2.24, 2.45) is 0 Å². The summed E-state index contributed by atoms with van der Waals surface area (Å²) in [5.41, 5.74) is -1.89. The van der Waals surface area contributed by atoms with Crippen LogP contribution in [-0.2, 0) is 6.54 Å². The number of halogens is 3. The molecule has 1 aromatic heterocycles. The fourth-order valence-corrected chi connectivity index (χ4v) is 4.11. The number of pyridine rings is 1. The molecule has 2 N–H and O–H groups in total. The van der Waals surface area contributed by atoms with Crippen LogP contribution >= 0.6 is 0 Å². The summed E-state index contributed by atoms with van der Waals surface area (Å²) in [4.78, 5) is 39.2. The van der Waals surface area contributed by atoms with Crippen LogP contribution in [0.4, 0.5) is 13.2 Å². The van der Waals surface area contributed by atoms with E-state index in [-0.39, 0.29) is 37.2 Å². The van der Waals surface area contributed by atoms with Gasteiger partial charge in [0.05, 0.1) is 6.04 Å². The Hall–Kier alpha value is -3.30. The highest BCUT2D eigenvalue weighted by molar-refractivity contribution is 5.99. The van der Waals surface area contributed by atoms with E-state index in [4.69, 9.17) is 0 Å². The summed E-state index contributed by atoms with van der Waals surface area (Å²) in [6, 6.07) is 1.66. The Labute approximate surface area is 175 Å². The van der Waals surface area contributed by atoms with Gasteiger partial charge in [0.2, 0.25) is 5.43 Å². The van der Waals surface area contributed by atoms with Gasteiger partial charge in [-0.05, 0) is 31.0 Å². The van der Waals surface area contributed by atoms with Gasteiger partial charge in [0, 0.05) is 37.8 Å². The molecule has 0 aliphatic carbocycles. The minimum atomic E-state index is -1.18. The van der Waals surface area contributed by atoms with Crippen LogP contribution in [0, 0.1) is 18.6 Å². The summed E-state index contributed by atoms with van der Waals surface area (Å²) < 4.78 is 43.4. The second-order valence-electron chi connectivity index (χ2n) is 7.89. The van der Waals surface area contributed by atoms with Crippen molar-refractivity contribution in [1.82, 2.24) is 14.8 Å². The van der Waals surface area contributed by atoms with E-state index in [1.54, 1.807) is 0 Å². The second kappa shape index (κ2) is 7.75. The summed E-state index contributed by atoms with van der Waals surface area (Å²) in [7, 11) is 0. The predicted molar refractivity (Wildman–Crippen MR) is 104 cm³/mol. The van der Waals surface area contributed by atoms with E-state index in [0.29, 0.717) is 5.56 Å². The van der Waals surface area contributed by atoms with Crippen molar-refractivity contribution in [1.29, 1.82) is 0 Å². The molecule has 0 saturated carbocycles. The molecule has 7 nitrogen and oxygen atoms in total. The minimum absolute atomic E-state index is 0.0555. The lowest BCUT2D eigenvalue weighted by atomic mass is 10.0. The fourth-order valence-electron chi connectivity index (χ4n) is 4.11. The molecule has 0 radical (unpaired) electrons. The Balaban J connectivity index is 1.68. The number of aryl methyl sites for hydroxylation is 1. The maximum absolute atomic E-state index is 14.1. The number of carbonyl (C=O) groups is 2. The molecular weight excluding hydrogens is 415 g/mol. The molecule has 2 atom stereocenters. The van der Waals surface area contributed by atoms with Crippen molar-refractivity contribution < 1.29 is 27.9 Å². The molecule has 4 rings (SSSR count). The Morgan fingerprint density at radius 1 is 1.26 bits per heavy atom. The molecule has 10 heteroatoms. The third kappa shape index (κ3) is 3.66. The van der Waals surface area contributed by atoms with Gasteiger partial charge < -0.3 is 19.9 Å². The van der Waals surface area contributed by atoms with Crippen LogP contribution in [0.5, 0.6) is 5.75 Å². The predicted octanol–water partition coefficient (Wildman–Crippen LogP) is 2.20. The van der Waals surface area contributed by atoms with Crippen molar-refractivity contribution in [3.63, 3.8) is 0 Å². The van der Waals surface area contributed by atoms with Crippen LogP contribution in [0.25, 0.3) is 0 Å². The number of hydrogen-bond acceptors (Lipinski definition) is 4. The molecule has 3 heterocycles. The molecule has 1 aromatic carbocycles. The molecule has 31 heavy (non-hydrogen) atoms. The minimum Gasteiger partial charge on any atom is -0.503 e. The first-order valence-corrected chi connectivity index (χ1v) is 9.81. The number of carbonyl (C=O) groups excluding carboxylic acids is 2. The number of rotatable bonds is 3. The lowest BCUT2D eigenvalue weighted by Crippen LogP contribution is -2.44. The topological polar surface area (TPSA) is 91.6 Å². The van der Waals surface area contributed by atoms with E-state index in [9.17, 15) is 32.7 Å². The van der Waals surface area contributed by atoms with Gasteiger partial charge in [-0.25, -0.2) is 13.2 Å². The molecule has 164 valence electrons. The molecule has 2 unspecified atom stereocenters. The number of nitrogens with one attached hydrogen (secondary N) is 1. The van der Waals surface area contributed by atoms with E-state index >= 15 is 0 Å². The van der Waals surface area contributed by atoms with Crippen molar-refractivity contribution in [3.8, 4) is 5.75 Å². The number of hydrogen-bond donors (Lipinski definition) is 2. The number of aromatic nitrogens is 1. The first-order valence-electron chi connectivity index (χ1n) is 9.81. The molecule has 2 amide bonds. The zero-order valence-electron chi connectivity index (χ0n) is 16.6. The monoisotopic (exact) mass is 435 g/mol. The number of fused-ring (bicyclic) bond motifs is 4. The van der Waals surface area contributed by atoms with Crippen molar-refractivity contribution in [2.75, 3.05) is 13.1 Å². The standard InChI is InChI=1S/C21H20F3N3O4/c1-10-4-15(23)13(16(24)5-10)7-25-20(30)14-9-27-12-6-11(22)2-3-26(8-12)21(31)17(27)19(29)18(14)28/h4-5,9,11-12,29H,2-3,6-8H2,1H3,(H,25,30). The first kappa shape index (κ1) is 21.0. The van der Waals surface area contributed by atoms with E-state index in [2.05, 4.69) is 5.32 Å². The van der Waals surface area contributed by atoms with Gasteiger partial charge in [-0.3, -0.25) is 14.4 Å². The quantitative estimate of drug-likeness (QED) is 0.774. The number of benzene rings is 1. The molecule has 2 aliphatic rings. The van der Waals surface area contributed by atoms with Gasteiger partial charge in [0.25, 0.3) is 11.8 Å². The van der Waals surface area contributed by atoms with Gasteiger partial charge in [-0.2, -0.15) is 0 Å². The van der Waals surface area contributed by atoms with Gasteiger partial charge in [-0.15, -0.1) is 0 Å². The van der Waals surface area contributed by atoms with Gasteiger partial charge >= 0.3 is 0 Å². The Bertz CT molecular complexity index is 1120. The molecule has 2 bridgehead atoms. The Morgan fingerprint density at radius 3 is 2.61 bits per heavy atom. The van der Waals surface area contributed by atoms with Gasteiger partial charge in [0.15, 0.2) is 11.4 Å². The summed E-state index contributed by atoms with van der Waals surface area (Å²) in [5, 5.41) is 12.7. The van der Waals surface area contributed by atoms with Crippen LogP contribution in [0.3, 0.4) is 0 Å². The van der Waals surface area contributed by atoms with E-state index in [0.717, 1.165) is 18.3 Å². The maximum atomic E-state index is 14.1. The highest BCUT2D eigenvalue weighted by Crippen LogP contribution is 2.32. The third-order valence-corrected chi connectivity index (χ3v) is 5.72. The van der Waals surface area contributed by atoms with E-state index in [1.165, 1.54) is 16.4 Å². The number of alkyl halides is 1. The maximum Gasteiger partial charge on any atom is 0.274 e. The van der Waals surface area contributed by atoms with Gasteiger partial charge in [0.1, 0.15) is 23.4 Å². The van der Waals surface area contributed by atoms with E-state index in [1.807, 2.05) is 0 Å². The zero-order chi connectivity index (χ0) is 22.4. The van der Waals surface area contributed by atoms with Crippen molar-refractivity contribution >= 4 is 11.8 Å². The SMILES string of the molecule is Cc1cc(F)c(CNC(=O)c2cn3c(c(O)c2=O)C(=O)N2CCC(F)CC3C2)c(F)c1. The second-order valence-corrected chi connectivity index (χ2v) is 7.89. The summed E-state index contributed by atoms with van der Waals surface area (Å²) in [5.74, 6) is -4.19. The van der Waals surface area contributed by atoms with Crippen LogP contribution in [0.15, 0.2) is 23.1 Å². The molecule has 2 aromatic rings. The fraction of sp³-hybridized carbons (Fsp3) is 0.381. The molecule has 2 aliphatic heterocycles. The smallest absolute Gasteiger partial charge is 0.274 e. The average molecular weight is 435 g/mol. The largest absolute Gasteiger partial charge is 0.503 e. The molecule has 1 saturated heterocycles. The summed E-state index contributed by atoms with van der Waals surface area (Å²) in [6.45, 7) is 1.35. The Morgan fingerprint density at radius 2 is 1.94 bits per heavy atom. The van der Waals surface area contributed by atoms with Crippen LogP contribution in [0.2, 0.25) is 0 Å². The van der Waals surface area contributed by atoms with Crippen LogP contribution in [-0.4, -0.2) is 45.6 Å². The van der Waals surface area contributed by atoms with Gasteiger partial charge in [-0.1, -0.05) is 0 Å².